The number of rotatable bonds is 8. The molecular weight excluding hydrogens is 270 g/mol. The van der Waals surface area contributed by atoms with Crippen LogP contribution in [0.3, 0.4) is 0 Å². The third-order valence-corrected chi connectivity index (χ3v) is 3.01. The summed E-state index contributed by atoms with van der Waals surface area (Å²) >= 11 is 0. The minimum Gasteiger partial charge on any atom is -0.466 e. The van der Waals surface area contributed by atoms with Crippen LogP contribution in [-0.4, -0.2) is 50.2 Å². The lowest BCUT2D eigenvalue weighted by Gasteiger charge is -2.22. The van der Waals surface area contributed by atoms with E-state index in [0.717, 1.165) is 5.56 Å². The second-order valence-electron chi connectivity index (χ2n) is 4.71. The van der Waals surface area contributed by atoms with E-state index in [2.05, 4.69) is 0 Å². The molecule has 0 aliphatic heterocycles. The van der Waals surface area contributed by atoms with Crippen LogP contribution in [0.4, 0.5) is 0 Å². The van der Waals surface area contributed by atoms with Crippen molar-refractivity contribution >= 4 is 11.9 Å². The molecule has 0 radical (unpaired) electrons. The number of hydrogen-bond donors (Lipinski definition) is 0. The van der Waals surface area contributed by atoms with Gasteiger partial charge in [-0.05, 0) is 26.0 Å². The second-order valence-corrected chi connectivity index (χ2v) is 4.71. The Morgan fingerprint density at radius 3 is 2.62 bits per heavy atom. The molecule has 0 aromatic heterocycles. The molecule has 0 heterocycles. The van der Waals surface area contributed by atoms with Gasteiger partial charge >= 0.3 is 5.97 Å². The topological polar surface area (TPSA) is 55.8 Å². The van der Waals surface area contributed by atoms with Crippen molar-refractivity contribution in [1.82, 2.24) is 4.90 Å². The number of carbonyl (C=O) groups excluding carboxylic acids is 2. The molecule has 5 nitrogen and oxygen atoms in total. The van der Waals surface area contributed by atoms with Crippen LogP contribution in [0.15, 0.2) is 24.3 Å². The summed E-state index contributed by atoms with van der Waals surface area (Å²) in [6, 6.07) is 7.41. The van der Waals surface area contributed by atoms with E-state index in [1.807, 2.05) is 25.1 Å². The SMILES string of the molecule is CCOC(=O)CCN(CCOC)C(=O)c1cccc(C)c1. The largest absolute Gasteiger partial charge is 0.466 e. The second kappa shape index (κ2) is 9.13. The first-order valence-corrected chi connectivity index (χ1v) is 7.09. The number of methoxy groups -OCH3 is 1. The Labute approximate surface area is 125 Å². The van der Waals surface area contributed by atoms with Gasteiger partial charge in [0.15, 0.2) is 0 Å². The van der Waals surface area contributed by atoms with Crippen LogP contribution < -0.4 is 0 Å². The van der Waals surface area contributed by atoms with Crippen molar-refractivity contribution in [2.45, 2.75) is 20.3 Å². The summed E-state index contributed by atoms with van der Waals surface area (Å²) in [6.07, 6.45) is 0.190. The Balaban J connectivity index is 2.71. The van der Waals surface area contributed by atoms with Gasteiger partial charge in [0.1, 0.15) is 0 Å². The summed E-state index contributed by atoms with van der Waals surface area (Å²) < 4.78 is 9.92. The van der Waals surface area contributed by atoms with Crippen molar-refractivity contribution in [2.75, 3.05) is 33.4 Å². The molecule has 1 rings (SSSR count). The van der Waals surface area contributed by atoms with Crippen molar-refractivity contribution in [3.8, 4) is 0 Å². The molecule has 21 heavy (non-hydrogen) atoms. The van der Waals surface area contributed by atoms with E-state index in [-0.39, 0.29) is 18.3 Å². The molecule has 1 amide bonds. The van der Waals surface area contributed by atoms with Crippen molar-refractivity contribution < 1.29 is 19.1 Å². The van der Waals surface area contributed by atoms with Gasteiger partial charge in [0.05, 0.1) is 19.6 Å². The van der Waals surface area contributed by atoms with Crippen LogP contribution >= 0.6 is 0 Å². The zero-order valence-corrected chi connectivity index (χ0v) is 12.9. The first-order chi connectivity index (χ1) is 10.1. The van der Waals surface area contributed by atoms with Crippen LogP contribution in [0.5, 0.6) is 0 Å². The molecule has 5 heteroatoms. The van der Waals surface area contributed by atoms with Gasteiger partial charge in [-0.2, -0.15) is 0 Å². The summed E-state index contributed by atoms with van der Waals surface area (Å²) in [4.78, 5) is 25.6. The molecule has 0 aliphatic rings. The number of nitrogens with zero attached hydrogens (tertiary/aromatic N) is 1. The number of carbonyl (C=O) groups is 2. The van der Waals surface area contributed by atoms with Crippen molar-refractivity contribution in [3.05, 3.63) is 35.4 Å². The molecule has 1 aromatic carbocycles. The summed E-state index contributed by atoms with van der Waals surface area (Å²) in [7, 11) is 1.58. The lowest BCUT2D eigenvalue weighted by atomic mass is 10.1. The summed E-state index contributed by atoms with van der Waals surface area (Å²) in [5, 5.41) is 0. The summed E-state index contributed by atoms with van der Waals surface area (Å²) in [5.41, 5.74) is 1.65. The van der Waals surface area contributed by atoms with E-state index in [1.165, 1.54) is 0 Å². The predicted molar refractivity (Wildman–Crippen MR) is 80.2 cm³/mol. The Hall–Kier alpha value is -1.88. The summed E-state index contributed by atoms with van der Waals surface area (Å²) in [5.74, 6) is -0.392. The van der Waals surface area contributed by atoms with Gasteiger partial charge in [-0.3, -0.25) is 9.59 Å². The van der Waals surface area contributed by atoms with Crippen molar-refractivity contribution in [2.24, 2.45) is 0 Å². The van der Waals surface area contributed by atoms with Crippen molar-refractivity contribution in [1.29, 1.82) is 0 Å². The van der Waals surface area contributed by atoms with E-state index in [1.54, 1.807) is 25.0 Å². The van der Waals surface area contributed by atoms with Gasteiger partial charge < -0.3 is 14.4 Å². The normalized spacial score (nSPS) is 10.2. The minimum atomic E-state index is -0.294. The van der Waals surface area contributed by atoms with Crippen molar-refractivity contribution in [3.63, 3.8) is 0 Å². The van der Waals surface area contributed by atoms with E-state index in [0.29, 0.717) is 31.9 Å². The van der Waals surface area contributed by atoms with E-state index in [4.69, 9.17) is 9.47 Å². The maximum atomic E-state index is 12.5. The number of aryl methyl sites for hydroxylation is 1. The van der Waals surface area contributed by atoms with Gasteiger partial charge in [0, 0.05) is 25.8 Å². The highest BCUT2D eigenvalue weighted by Gasteiger charge is 2.17. The Morgan fingerprint density at radius 2 is 2.00 bits per heavy atom. The first kappa shape index (κ1) is 17.2. The smallest absolute Gasteiger partial charge is 0.307 e. The monoisotopic (exact) mass is 293 g/mol. The third kappa shape index (κ3) is 5.95. The summed E-state index contributed by atoms with van der Waals surface area (Å²) in [6.45, 7) is 5.26. The zero-order chi connectivity index (χ0) is 15.7. The molecule has 0 spiro atoms. The molecule has 0 atom stereocenters. The number of hydrogen-bond acceptors (Lipinski definition) is 4. The number of ether oxygens (including phenoxy) is 2. The lowest BCUT2D eigenvalue weighted by Crippen LogP contribution is -2.36. The molecule has 0 saturated carbocycles. The Morgan fingerprint density at radius 1 is 1.24 bits per heavy atom. The standard InChI is InChI=1S/C16H23NO4/c1-4-21-15(18)8-9-17(10-11-20-3)16(19)14-7-5-6-13(2)12-14/h5-7,12H,4,8-11H2,1-3H3. The molecular formula is C16H23NO4. The fourth-order valence-electron chi connectivity index (χ4n) is 1.94. The van der Waals surface area contributed by atoms with Gasteiger partial charge in [0.25, 0.3) is 5.91 Å². The van der Waals surface area contributed by atoms with E-state index in [9.17, 15) is 9.59 Å². The molecule has 1 aromatic rings. The Kier molecular flexibility index (Phi) is 7.46. The van der Waals surface area contributed by atoms with Gasteiger partial charge in [-0.15, -0.1) is 0 Å². The fraction of sp³-hybridized carbons (Fsp3) is 0.500. The highest BCUT2D eigenvalue weighted by molar-refractivity contribution is 5.94. The number of esters is 1. The van der Waals surface area contributed by atoms with Crippen LogP contribution in [-0.2, 0) is 14.3 Å². The van der Waals surface area contributed by atoms with Gasteiger partial charge in [-0.25, -0.2) is 0 Å². The third-order valence-electron chi connectivity index (χ3n) is 3.01. The van der Waals surface area contributed by atoms with E-state index >= 15 is 0 Å². The molecule has 0 saturated heterocycles. The van der Waals surface area contributed by atoms with Gasteiger partial charge in [-0.1, -0.05) is 17.7 Å². The highest BCUT2D eigenvalue weighted by atomic mass is 16.5. The lowest BCUT2D eigenvalue weighted by molar-refractivity contribution is -0.143. The quantitative estimate of drug-likeness (QED) is 0.688. The maximum Gasteiger partial charge on any atom is 0.307 e. The molecule has 0 fully saturated rings. The average molecular weight is 293 g/mol. The molecule has 0 N–H and O–H groups in total. The van der Waals surface area contributed by atoms with Crippen LogP contribution in [0.1, 0.15) is 29.3 Å². The van der Waals surface area contributed by atoms with Crippen LogP contribution in [0, 0.1) is 6.92 Å². The highest BCUT2D eigenvalue weighted by Crippen LogP contribution is 2.09. The molecule has 116 valence electrons. The fourth-order valence-corrected chi connectivity index (χ4v) is 1.94. The number of benzene rings is 1. The maximum absolute atomic E-state index is 12.5. The Bertz CT molecular complexity index is 473. The minimum absolute atomic E-state index is 0.0972. The van der Waals surface area contributed by atoms with Crippen LogP contribution in [0.2, 0.25) is 0 Å². The number of amides is 1. The van der Waals surface area contributed by atoms with Crippen LogP contribution in [0.25, 0.3) is 0 Å². The first-order valence-electron chi connectivity index (χ1n) is 7.09. The molecule has 0 unspecified atom stereocenters. The molecule has 0 bridgehead atoms. The van der Waals surface area contributed by atoms with Gasteiger partial charge in [0.2, 0.25) is 0 Å². The zero-order valence-electron chi connectivity index (χ0n) is 12.9. The van der Waals surface area contributed by atoms with E-state index < -0.39 is 0 Å². The predicted octanol–water partition coefficient (Wildman–Crippen LogP) is 2.04. The molecule has 0 aliphatic carbocycles. The average Bonchev–Trinajstić information content (AvgIpc) is 2.47.